The molecule has 226 valence electrons. The Kier molecular flexibility index (Phi) is 11.7. The van der Waals surface area contributed by atoms with Gasteiger partial charge in [-0.3, -0.25) is 4.79 Å². The van der Waals surface area contributed by atoms with Crippen molar-refractivity contribution < 1.29 is 14.3 Å². The minimum Gasteiger partial charge on any atom is -0.507 e. The topological polar surface area (TPSA) is 95.1 Å². The molecule has 2 N–H and O–H groups in total. The molecule has 0 radical (unpaired) electrons. The van der Waals surface area contributed by atoms with Gasteiger partial charge in [-0.15, -0.1) is 0 Å². The number of fused-ring (bicyclic) bond motifs is 1. The number of carbonyl (C=O) groups is 1. The molecule has 0 unspecified atom stereocenters. The molecular formula is C36H43N3O4. The van der Waals surface area contributed by atoms with E-state index in [1.807, 2.05) is 73.7 Å². The number of para-hydroxylation sites is 1. The summed E-state index contributed by atoms with van der Waals surface area (Å²) in [5.74, 6) is -1.21. The first kappa shape index (κ1) is 31.7. The molecule has 0 spiro atoms. The summed E-state index contributed by atoms with van der Waals surface area (Å²) in [6.45, 7) is 8.64. The second-order valence-corrected chi connectivity index (χ2v) is 11.1. The quantitative estimate of drug-likeness (QED) is 0.0906. The number of nitrogens with zero attached hydrogens (tertiary/aromatic N) is 2. The van der Waals surface area contributed by atoms with Gasteiger partial charge in [0.25, 0.3) is 0 Å². The zero-order chi connectivity index (χ0) is 30.6. The number of hydrogen-bond donors (Lipinski definition) is 2. The Bertz CT molecular complexity index is 1540. The van der Waals surface area contributed by atoms with E-state index in [-0.39, 0.29) is 29.6 Å². The second kappa shape index (κ2) is 15.8. The fourth-order valence-electron chi connectivity index (χ4n) is 5.55. The van der Waals surface area contributed by atoms with Crippen LogP contribution in [0.1, 0.15) is 69.1 Å². The van der Waals surface area contributed by atoms with Crippen molar-refractivity contribution in [2.24, 2.45) is 11.0 Å². The van der Waals surface area contributed by atoms with E-state index >= 15 is 0 Å². The Morgan fingerprint density at radius 1 is 0.907 bits per heavy atom. The molecule has 0 saturated heterocycles. The van der Waals surface area contributed by atoms with Gasteiger partial charge in [-0.2, -0.15) is 5.10 Å². The second-order valence-electron chi connectivity index (χ2n) is 11.1. The molecule has 1 heterocycles. The van der Waals surface area contributed by atoms with E-state index in [0.717, 1.165) is 49.9 Å². The molecule has 43 heavy (non-hydrogen) atoms. The van der Waals surface area contributed by atoms with Crippen LogP contribution in [0, 0.1) is 5.92 Å². The van der Waals surface area contributed by atoms with Crippen molar-refractivity contribution in [1.82, 2.24) is 10.3 Å². The van der Waals surface area contributed by atoms with E-state index in [0.29, 0.717) is 23.2 Å². The van der Waals surface area contributed by atoms with Crippen LogP contribution in [0.25, 0.3) is 11.0 Å². The highest BCUT2D eigenvalue weighted by atomic mass is 16.4. The van der Waals surface area contributed by atoms with Crippen molar-refractivity contribution in [3.63, 3.8) is 0 Å². The predicted molar refractivity (Wildman–Crippen MR) is 174 cm³/mol. The van der Waals surface area contributed by atoms with Gasteiger partial charge in [-0.25, -0.2) is 10.2 Å². The smallest absolute Gasteiger partial charge is 0.343 e. The highest BCUT2D eigenvalue weighted by Gasteiger charge is 2.34. The molecule has 7 nitrogen and oxygen atoms in total. The third-order valence-corrected chi connectivity index (χ3v) is 7.90. The van der Waals surface area contributed by atoms with E-state index < -0.39 is 11.5 Å². The van der Waals surface area contributed by atoms with Gasteiger partial charge in [-0.05, 0) is 56.1 Å². The van der Waals surface area contributed by atoms with Crippen molar-refractivity contribution in [3.8, 4) is 5.75 Å². The van der Waals surface area contributed by atoms with Crippen LogP contribution in [-0.2, 0) is 11.2 Å². The standard InChI is InChI=1S/C36H43N3O4/c1-4-6-22-39(23-7-5-2)25-30(26(3)37-38-32(40)24-27-16-10-8-11-17-27)33(28-18-12-9-13-19-28)34-35(41)29-20-14-15-21-31(29)43-36(34)42/h8-21,30,33,41H,4-7,22-25H2,1-3H3,(H,38,40)/b37-26-/t30-,33-/m0/s1. The van der Waals surface area contributed by atoms with E-state index in [2.05, 4.69) is 29.3 Å². The van der Waals surface area contributed by atoms with Crippen molar-refractivity contribution in [3.05, 3.63) is 112 Å². The van der Waals surface area contributed by atoms with E-state index in [1.165, 1.54) is 0 Å². The maximum atomic E-state index is 13.6. The van der Waals surface area contributed by atoms with Crippen molar-refractivity contribution >= 4 is 22.6 Å². The Hall–Kier alpha value is -4.23. The van der Waals surface area contributed by atoms with Crippen LogP contribution in [0.15, 0.2) is 99.2 Å². The number of hydrazone groups is 1. The summed E-state index contributed by atoms with van der Waals surface area (Å²) < 4.78 is 5.77. The Morgan fingerprint density at radius 3 is 2.16 bits per heavy atom. The van der Waals surface area contributed by atoms with Crippen LogP contribution in [0.3, 0.4) is 0 Å². The molecular weight excluding hydrogens is 538 g/mol. The number of aromatic hydroxyl groups is 1. The molecule has 1 aromatic heterocycles. The molecule has 7 heteroatoms. The number of amides is 1. The molecule has 0 aliphatic heterocycles. The minimum atomic E-state index is -0.579. The number of carbonyl (C=O) groups excluding carboxylic acids is 1. The number of unbranched alkanes of at least 4 members (excludes halogenated alkanes) is 2. The summed E-state index contributed by atoms with van der Waals surface area (Å²) in [6.07, 6.45) is 4.42. The molecule has 0 bridgehead atoms. The van der Waals surface area contributed by atoms with Crippen LogP contribution in [0.2, 0.25) is 0 Å². The summed E-state index contributed by atoms with van der Waals surface area (Å²) in [4.78, 5) is 28.9. The Morgan fingerprint density at radius 2 is 1.51 bits per heavy atom. The van der Waals surface area contributed by atoms with Crippen LogP contribution in [-0.4, -0.2) is 41.3 Å². The average Bonchev–Trinajstić information content (AvgIpc) is 3.03. The lowest BCUT2D eigenvalue weighted by molar-refractivity contribution is -0.120. The van der Waals surface area contributed by atoms with Gasteiger partial charge in [-0.1, -0.05) is 99.5 Å². The highest BCUT2D eigenvalue weighted by Crippen LogP contribution is 2.39. The molecule has 2 atom stereocenters. The number of nitrogens with one attached hydrogen (secondary N) is 1. The molecule has 0 aliphatic rings. The summed E-state index contributed by atoms with van der Waals surface area (Å²) in [5.41, 5.74) is 5.14. The zero-order valence-corrected chi connectivity index (χ0v) is 25.5. The van der Waals surface area contributed by atoms with Gasteiger partial charge in [0, 0.05) is 24.1 Å². The maximum absolute atomic E-state index is 13.6. The maximum Gasteiger partial charge on any atom is 0.343 e. The molecule has 1 amide bonds. The predicted octanol–water partition coefficient (Wildman–Crippen LogP) is 6.88. The van der Waals surface area contributed by atoms with Gasteiger partial charge in [0.2, 0.25) is 5.91 Å². The SMILES string of the molecule is CCCCN(CCCC)C[C@@H](/C(C)=N\NC(=O)Cc1ccccc1)[C@H](c1ccccc1)c1c(O)c2ccccc2oc1=O. The lowest BCUT2D eigenvalue weighted by Crippen LogP contribution is -2.39. The number of rotatable bonds is 15. The summed E-state index contributed by atoms with van der Waals surface area (Å²) >= 11 is 0. The zero-order valence-electron chi connectivity index (χ0n) is 25.5. The van der Waals surface area contributed by atoms with E-state index in [4.69, 9.17) is 4.42 Å². The molecule has 4 rings (SSSR count). The Balaban J connectivity index is 1.81. The number of hydrogen-bond acceptors (Lipinski definition) is 6. The third kappa shape index (κ3) is 8.42. The van der Waals surface area contributed by atoms with Gasteiger partial charge < -0.3 is 14.4 Å². The average molecular weight is 582 g/mol. The number of benzene rings is 3. The third-order valence-electron chi connectivity index (χ3n) is 7.90. The lowest BCUT2D eigenvalue weighted by atomic mass is 9.78. The molecule has 3 aromatic carbocycles. The van der Waals surface area contributed by atoms with Crippen LogP contribution in [0.5, 0.6) is 5.75 Å². The van der Waals surface area contributed by atoms with Crippen molar-refractivity contribution in [1.29, 1.82) is 0 Å². The van der Waals surface area contributed by atoms with Crippen LogP contribution < -0.4 is 11.1 Å². The van der Waals surface area contributed by atoms with Crippen molar-refractivity contribution in [2.75, 3.05) is 19.6 Å². The van der Waals surface area contributed by atoms with E-state index in [9.17, 15) is 14.7 Å². The molecule has 0 saturated carbocycles. The first-order valence-electron chi connectivity index (χ1n) is 15.3. The van der Waals surface area contributed by atoms with Gasteiger partial charge in [0.05, 0.1) is 17.4 Å². The first-order chi connectivity index (χ1) is 20.9. The first-order valence-corrected chi connectivity index (χ1v) is 15.3. The largest absolute Gasteiger partial charge is 0.507 e. The summed E-state index contributed by atoms with van der Waals surface area (Å²) in [7, 11) is 0. The fraction of sp³-hybridized carbons (Fsp3) is 0.361. The van der Waals surface area contributed by atoms with E-state index in [1.54, 1.807) is 18.2 Å². The summed E-state index contributed by atoms with van der Waals surface area (Å²) in [5, 5.41) is 16.7. The summed E-state index contributed by atoms with van der Waals surface area (Å²) in [6, 6.07) is 26.3. The van der Waals surface area contributed by atoms with Gasteiger partial charge >= 0.3 is 5.63 Å². The van der Waals surface area contributed by atoms with Crippen LogP contribution in [0.4, 0.5) is 0 Å². The Labute approximate surface area is 254 Å². The van der Waals surface area contributed by atoms with Crippen LogP contribution >= 0.6 is 0 Å². The monoisotopic (exact) mass is 581 g/mol. The fourth-order valence-corrected chi connectivity index (χ4v) is 5.55. The highest BCUT2D eigenvalue weighted by molar-refractivity contribution is 5.89. The normalized spacial score (nSPS) is 13.3. The molecule has 4 aromatic rings. The molecule has 0 aliphatic carbocycles. The van der Waals surface area contributed by atoms with Gasteiger partial charge in [0.15, 0.2) is 0 Å². The molecule has 0 fully saturated rings. The minimum absolute atomic E-state index is 0.0831. The van der Waals surface area contributed by atoms with Crippen molar-refractivity contribution in [2.45, 2.75) is 58.8 Å². The van der Waals surface area contributed by atoms with Gasteiger partial charge in [0.1, 0.15) is 11.3 Å². The lowest BCUT2D eigenvalue weighted by Gasteiger charge is -2.33.